The second kappa shape index (κ2) is 6.79. The van der Waals surface area contributed by atoms with E-state index in [1.54, 1.807) is 41.6 Å². The minimum absolute atomic E-state index is 0.129. The molecule has 4 rings (SSSR count). The van der Waals surface area contributed by atoms with Gasteiger partial charge < -0.3 is 9.88 Å². The van der Waals surface area contributed by atoms with Crippen molar-refractivity contribution >= 4 is 16.9 Å². The molecular formula is C19H18N6O. The number of para-hydroxylation sites is 2. The summed E-state index contributed by atoms with van der Waals surface area (Å²) in [4.78, 5) is 25.3. The summed E-state index contributed by atoms with van der Waals surface area (Å²) >= 11 is 0. The number of nitrogens with zero attached hydrogens (tertiary/aromatic N) is 5. The quantitative estimate of drug-likeness (QED) is 0.602. The Morgan fingerprint density at radius 3 is 2.92 bits per heavy atom. The van der Waals surface area contributed by atoms with Crippen molar-refractivity contribution in [2.75, 3.05) is 6.54 Å². The van der Waals surface area contributed by atoms with Crippen LogP contribution in [0.1, 0.15) is 16.2 Å². The van der Waals surface area contributed by atoms with Crippen LogP contribution in [0, 0.1) is 6.92 Å². The van der Waals surface area contributed by atoms with E-state index in [-0.39, 0.29) is 5.91 Å². The predicted molar refractivity (Wildman–Crippen MR) is 98.2 cm³/mol. The molecule has 4 aromatic rings. The molecule has 0 unspecified atom stereocenters. The third kappa shape index (κ3) is 3.06. The highest BCUT2D eigenvalue weighted by Gasteiger charge is 2.09. The lowest BCUT2D eigenvalue weighted by Gasteiger charge is -2.09. The minimum Gasteiger partial charge on any atom is -0.350 e. The first-order valence-corrected chi connectivity index (χ1v) is 8.37. The number of aromatic nitrogens is 5. The molecule has 26 heavy (non-hydrogen) atoms. The molecule has 130 valence electrons. The summed E-state index contributed by atoms with van der Waals surface area (Å²) in [6.45, 7) is 3.16. The molecule has 1 N–H and O–H groups in total. The van der Waals surface area contributed by atoms with E-state index in [9.17, 15) is 4.79 Å². The van der Waals surface area contributed by atoms with Gasteiger partial charge in [-0.15, -0.1) is 0 Å². The van der Waals surface area contributed by atoms with E-state index in [0.717, 1.165) is 16.9 Å². The van der Waals surface area contributed by atoms with Gasteiger partial charge in [0.15, 0.2) is 0 Å². The molecule has 0 atom stereocenters. The Morgan fingerprint density at radius 1 is 1.19 bits per heavy atom. The minimum atomic E-state index is -0.129. The van der Waals surface area contributed by atoms with Crippen LogP contribution in [-0.2, 0) is 6.54 Å². The maximum Gasteiger partial charge on any atom is 0.251 e. The average Bonchev–Trinajstić information content (AvgIpc) is 3.30. The molecule has 0 saturated carbocycles. The standard InChI is InChI=1S/C19H18N6O/c1-14-23-16-4-2-3-5-17(16)25(14)11-9-22-19(26)15-6-7-21-18(12-15)24-10-8-20-13-24/h2-8,10,12-13H,9,11H2,1H3,(H,22,26). The Kier molecular flexibility index (Phi) is 4.18. The largest absolute Gasteiger partial charge is 0.350 e. The summed E-state index contributed by atoms with van der Waals surface area (Å²) in [5, 5.41) is 2.96. The van der Waals surface area contributed by atoms with Gasteiger partial charge in [0.2, 0.25) is 0 Å². The Balaban J connectivity index is 1.44. The van der Waals surface area contributed by atoms with Crippen LogP contribution in [0.3, 0.4) is 0 Å². The Labute approximate surface area is 150 Å². The van der Waals surface area contributed by atoms with Gasteiger partial charge in [-0.1, -0.05) is 12.1 Å². The third-order valence-corrected chi connectivity index (χ3v) is 4.24. The lowest BCUT2D eigenvalue weighted by atomic mass is 10.2. The highest BCUT2D eigenvalue weighted by molar-refractivity contribution is 5.94. The first-order chi connectivity index (χ1) is 12.7. The molecule has 0 saturated heterocycles. The van der Waals surface area contributed by atoms with E-state index >= 15 is 0 Å². The van der Waals surface area contributed by atoms with Crippen LogP contribution in [-0.4, -0.2) is 36.5 Å². The first-order valence-electron chi connectivity index (χ1n) is 8.37. The van der Waals surface area contributed by atoms with Gasteiger partial charge in [-0.05, 0) is 31.2 Å². The zero-order chi connectivity index (χ0) is 17.9. The molecule has 0 aliphatic rings. The molecule has 7 nitrogen and oxygen atoms in total. The van der Waals surface area contributed by atoms with Crippen LogP contribution in [0.5, 0.6) is 0 Å². The van der Waals surface area contributed by atoms with Gasteiger partial charge in [0, 0.05) is 37.2 Å². The summed E-state index contributed by atoms with van der Waals surface area (Å²) in [7, 11) is 0. The van der Waals surface area contributed by atoms with Crippen molar-refractivity contribution in [3.63, 3.8) is 0 Å². The van der Waals surface area contributed by atoms with Gasteiger partial charge in [0.05, 0.1) is 11.0 Å². The van der Waals surface area contributed by atoms with E-state index in [4.69, 9.17) is 0 Å². The number of amides is 1. The van der Waals surface area contributed by atoms with Crippen molar-refractivity contribution < 1.29 is 4.79 Å². The molecule has 3 heterocycles. The number of rotatable bonds is 5. The zero-order valence-electron chi connectivity index (χ0n) is 14.3. The van der Waals surface area contributed by atoms with Gasteiger partial charge >= 0.3 is 0 Å². The van der Waals surface area contributed by atoms with Crippen molar-refractivity contribution in [3.05, 3.63) is 72.7 Å². The maximum absolute atomic E-state index is 12.5. The van der Waals surface area contributed by atoms with Crippen molar-refractivity contribution in [1.29, 1.82) is 0 Å². The number of hydrogen-bond acceptors (Lipinski definition) is 4. The highest BCUT2D eigenvalue weighted by atomic mass is 16.1. The Bertz CT molecular complexity index is 1050. The maximum atomic E-state index is 12.5. The third-order valence-electron chi connectivity index (χ3n) is 4.24. The van der Waals surface area contributed by atoms with Gasteiger partial charge in [0.1, 0.15) is 18.0 Å². The lowest BCUT2D eigenvalue weighted by molar-refractivity contribution is 0.0952. The monoisotopic (exact) mass is 346 g/mol. The number of fused-ring (bicyclic) bond motifs is 1. The molecule has 7 heteroatoms. The number of imidazole rings is 2. The average molecular weight is 346 g/mol. The van der Waals surface area contributed by atoms with Gasteiger partial charge in [-0.2, -0.15) is 0 Å². The van der Waals surface area contributed by atoms with E-state index in [1.165, 1.54) is 0 Å². The predicted octanol–water partition coefficient (Wildman–Crippen LogP) is 2.36. The SMILES string of the molecule is Cc1nc2ccccc2n1CCNC(=O)c1ccnc(-n2ccnc2)c1. The highest BCUT2D eigenvalue weighted by Crippen LogP contribution is 2.15. The fraction of sp³-hybridized carbons (Fsp3) is 0.158. The van der Waals surface area contributed by atoms with E-state index in [1.807, 2.05) is 31.2 Å². The van der Waals surface area contributed by atoms with Crippen molar-refractivity contribution in [2.24, 2.45) is 0 Å². The fourth-order valence-electron chi connectivity index (χ4n) is 2.96. The van der Waals surface area contributed by atoms with Crippen LogP contribution in [0.25, 0.3) is 16.9 Å². The zero-order valence-corrected chi connectivity index (χ0v) is 14.3. The van der Waals surface area contributed by atoms with Crippen LogP contribution in [0.2, 0.25) is 0 Å². The first kappa shape index (κ1) is 16.0. The molecule has 1 aromatic carbocycles. The smallest absolute Gasteiger partial charge is 0.251 e. The van der Waals surface area contributed by atoms with Crippen LogP contribution < -0.4 is 5.32 Å². The number of nitrogens with one attached hydrogen (secondary N) is 1. The molecule has 0 fully saturated rings. The molecule has 0 radical (unpaired) electrons. The summed E-state index contributed by atoms with van der Waals surface area (Å²) in [6, 6.07) is 11.4. The fourth-order valence-corrected chi connectivity index (χ4v) is 2.96. The Hall–Kier alpha value is -3.48. The molecular weight excluding hydrogens is 328 g/mol. The van der Waals surface area contributed by atoms with E-state index in [2.05, 4.69) is 24.8 Å². The number of hydrogen-bond donors (Lipinski definition) is 1. The number of carbonyl (C=O) groups excluding carboxylic acids is 1. The molecule has 3 aromatic heterocycles. The number of pyridine rings is 1. The summed E-state index contributed by atoms with van der Waals surface area (Å²) in [5.41, 5.74) is 2.61. The second-order valence-corrected chi connectivity index (χ2v) is 5.93. The molecule has 0 aliphatic carbocycles. The summed E-state index contributed by atoms with van der Waals surface area (Å²) in [6.07, 6.45) is 6.73. The lowest BCUT2D eigenvalue weighted by Crippen LogP contribution is -2.27. The van der Waals surface area contributed by atoms with Gasteiger partial charge in [0.25, 0.3) is 5.91 Å². The summed E-state index contributed by atoms with van der Waals surface area (Å²) in [5.74, 6) is 1.47. The number of benzene rings is 1. The molecule has 1 amide bonds. The second-order valence-electron chi connectivity index (χ2n) is 5.93. The molecule has 0 bridgehead atoms. The van der Waals surface area contributed by atoms with Gasteiger partial charge in [-0.25, -0.2) is 15.0 Å². The topological polar surface area (TPSA) is 77.6 Å². The Morgan fingerprint density at radius 2 is 2.08 bits per heavy atom. The van der Waals surface area contributed by atoms with Gasteiger partial charge in [-0.3, -0.25) is 9.36 Å². The van der Waals surface area contributed by atoms with Crippen LogP contribution in [0.15, 0.2) is 61.3 Å². The number of carbonyl (C=O) groups is 1. The molecule has 0 aliphatic heterocycles. The normalized spacial score (nSPS) is 11.0. The van der Waals surface area contributed by atoms with Crippen molar-refractivity contribution in [2.45, 2.75) is 13.5 Å². The summed E-state index contributed by atoms with van der Waals surface area (Å²) < 4.78 is 3.87. The van der Waals surface area contributed by atoms with Crippen molar-refractivity contribution in [1.82, 2.24) is 29.4 Å². The number of aryl methyl sites for hydroxylation is 1. The molecule has 0 spiro atoms. The van der Waals surface area contributed by atoms with Crippen LogP contribution >= 0.6 is 0 Å². The van der Waals surface area contributed by atoms with Crippen LogP contribution in [0.4, 0.5) is 0 Å². The van der Waals surface area contributed by atoms with Crippen molar-refractivity contribution in [3.8, 4) is 5.82 Å². The van der Waals surface area contributed by atoms with E-state index < -0.39 is 0 Å². The van der Waals surface area contributed by atoms with E-state index in [0.29, 0.717) is 24.5 Å².